The normalized spacial score (nSPS) is 10.6. The fourth-order valence-electron chi connectivity index (χ4n) is 3.05. The third kappa shape index (κ3) is 4.70. The van der Waals surface area contributed by atoms with E-state index in [1.54, 1.807) is 24.0 Å². The van der Waals surface area contributed by atoms with E-state index < -0.39 is 0 Å². The summed E-state index contributed by atoms with van der Waals surface area (Å²) < 4.78 is 5.18. The number of fused-ring (bicyclic) bond motifs is 1. The Hall–Kier alpha value is -3.78. The molecule has 156 valence electrons. The van der Waals surface area contributed by atoms with E-state index in [-0.39, 0.29) is 11.0 Å². The SMILES string of the molecule is CCc1ccc(C(=O)NC(=S)Nc2ccc3nn(-c4ccc(OC)cc4)nc3c2)cc1. The molecule has 1 aromatic heterocycles. The predicted molar refractivity (Wildman–Crippen MR) is 125 cm³/mol. The monoisotopic (exact) mass is 431 g/mol. The van der Waals surface area contributed by atoms with E-state index in [2.05, 4.69) is 27.8 Å². The molecule has 1 amide bonds. The van der Waals surface area contributed by atoms with Crippen molar-refractivity contribution in [2.45, 2.75) is 13.3 Å². The molecule has 2 N–H and O–H groups in total. The number of benzene rings is 3. The van der Waals surface area contributed by atoms with Crippen LogP contribution in [0.2, 0.25) is 0 Å². The van der Waals surface area contributed by atoms with Crippen LogP contribution in [0.25, 0.3) is 16.7 Å². The van der Waals surface area contributed by atoms with Crippen molar-refractivity contribution in [1.29, 1.82) is 0 Å². The Balaban J connectivity index is 1.45. The highest BCUT2D eigenvalue weighted by Crippen LogP contribution is 2.19. The Morgan fingerprint density at radius 1 is 1.00 bits per heavy atom. The van der Waals surface area contributed by atoms with E-state index in [1.165, 1.54) is 5.56 Å². The maximum Gasteiger partial charge on any atom is 0.257 e. The smallest absolute Gasteiger partial charge is 0.257 e. The minimum absolute atomic E-state index is 0.214. The van der Waals surface area contributed by atoms with E-state index in [1.807, 2.05) is 54.6 Å². The molecule has 1 heterocycles. The second kappa shape index (κ2) is 8.93. The summed E-state index contributed by atoms with van der Waals surface area (Å²) in [6, 6.07) is 20.4. The number of aromatic nitrogens is 3. The number of methoxy groups -OCH3 is 1. The summed E-state index contributed by atoms with van der Waals surface area (Å²) in [5, 5.41) is 15.0. The molecule has 0 unspecified atom stereocenters. The van der Waals surface area contributed by atoms with Crippen molar-refractivity contribution in [3.8, 4) is 11.4 Å². The molecule has 4 rings (SSSR count). The molecule has 3 aromatic carbocycles. The number of nitrogens with one attached hydrogen (secondary N) is 2. The van der Waals surface area contributed by atoms with Gasteiger partial charge in [-0.15, -0.1) is 10.2 Å². The first-order chi connectivity index (χ1) is 15.1. The minimum atomic E-state index is -0.258. The zero-order chi connectivity index (χ0) is 21.8. The number of carbonyl (C=O) groups is 1. The Labute approximate surface area is 185 Å². The molecular formula is C23H21N5O2S. The first-order valence-electron chi connectivity index (χ1n) is 9.78. The van der Waals surface area contributed by atoms with Gasteiger partial charge in [0.05, 0.1) is 12.8 Å². The molecule has 0 bridgehead atoms. The fourth-order valence-corrected chi connectivity index (χ4v) is 3.26. The van der Waals surface area contributed by atoms with Gasteiger partial charge in [-0.1, -0.05) is 19.1 Å². The maximum absolute atomic E-state index is 12.4. The second-order valence-electron chi connectivity index (χ2n) is 6.85. The molecular weight excluding hydrogens is 410 g/mol. The van der Waals surface area contributed by atoms with Crippen molar-refractivity contribution in [3.05, 3.63) is 77.9 Å². The minimum Gasteiger partial charge on any atom is -0.497 e. The Kier molecular flexibility index (Phi) is 5.90. The number of amides is 1. The van der Waals surface area contributed by atoms with Crippen LogP contribution in [0.15, 0.2) is 66.7 Å². The predicted octanol–water partition coefficient (Wildman–Crippen LogP) is 4.12. The van der Waals surface area contributed by atoms with Crippen LogP contribution in [0.4, 0.5) is 5.69 Å². The first kappa shape index (κ1) is 20.5. The van der Waals surface area contributed by atoms with Crippen LogP contribution in [0.5, 0.6) is 5.75 Å². The summed E-state index contributed by atoms with van der Waals surface area (Å²) in [6.45, 7) is 2.07. The van der Waals surface area contributed by atoms with Gasteiger partial charge in [0.1, 0.15) is 16.8 Å². The van der Waals surface area contributed by atoms with Gasteiger partial charge in [-0.2, -0.15) is 4.80 Å². The van der Waals surface area contributed by atoms with E-state index in [0.717, 1.165) is 23.4 Å². The molecule has 0 aliphatic heterocycles. The van der Waals surface area contributed by atoms with Crippen LogP contribution < -0.4 is 15.4 Å². The van der Waals surface area contributed by atoms with Crippen molar-refractivity contribution in [1.82, 2.24) is 20.3 Å². The number of carbonyl (C=O) groups excluding carboxylic acids is 1. The van der Waals surface area contributed by atoms with Gasteiger partial charge in [-0.3, -0.25) is 10.1 Å². The number of rotatable bonds is 5. The summed E-state index contributed by atoms with van der Waals surface area (Å²) in [4.78, 5) is 14.0. The van der Waals surface area contributed by atoms with Gasteiger partial charge in [0.15, 0.2) is 5.11 Å². The number of thiocarbonyl (C=S) groups is 1. The number of nitrogens with zero attached hydrogens (tertiary/aromatic N) is 3. The highest BCUT2D eigenvalue weighted by atomic mass is 32.1. The molecule has 0 saturated heterocycles. The number of anilines is 1. The fraction of sp³-hybridized carbons (Fsp3) is 0.130. The van der Waals surface area contributed by atoms with Crippen LogP contribution in [0.3, 0.4) is 0 Å². The van der Waals surface area contributed by atoms with Crippen LogP contribution in [-0.2, 0) is 6.42 Å². The molecule has 8 heteroatoms. The van der Waals surface area contributed by atoms with Crippen molar-refractivity contribution in [2.24, 2.45) is 0 Å². The van der Waals surface area contributed by atoms with E-state index in [0.29, 0.717) is 16.8 Å². The Morgan fingerprint density at radius 2 is 1.71 bits per heavy atom. The lowest BCUT2D eigenvalue weighted by Gasteiger charge is -2.09. The molecule has 31 heavy (non-hydrogen) atoms. The average molecular weight is 432 g/mol. The molecule has 0 aliphatic carbocycles. The number of hydrogen-bond acceptors (Lipinski definition) is 5. The van der Waals surface area contributed by atoms with E-state index in [4.69, 9.17) is 17.0 Å². The molecule has 7 nitrogen and oxygen atoms in total. The lowest BCUT2D eigenvalue weighted by Crippen LogP contribution is -2.34. The average Bonchev–Trinajstić information content (AvgIpc) is 3.22. The molecule has 0 fully saturated rings. The highest BCUT2D eigenvalue weighted by Gasteiger charge is 2.10. The van der Waals surface area contributed by atoms with Crippen LogP contribution in [0.1, 0.15) is 22.8 Å². The topological polar surface area (TPSA) is 81.1 Å². The van der Waals surface area contributed by atoms with Gasteiger partial charge in [0, 0.05) is 11.3 Å². The highest BCUT2D eigenvalue weighted by molar-refractivity contribution is 7.80. The van der Waals surface area contributed by atoms with E-state index in [9.17, 15) is 4.79 Å². The molecule has 4 aromatic rings. The summed E-state index contributed by atoms with van der Waals surface area (Å²) in [7, 11) is 1.62. The van der Waals surface area contributed by atoms with Gasteiger partial charge in [0.2, 0.25) is 0 Å². The Bertz CT molecular complexity index is 1230. The summed E-state index contributed by atoms with van der Waals surface area (Å²) >= 11 is 5.29. The summed E-state index contributed by atoms with van der Waals surface area (Å²) in [5.41, 5.74) is 4.70. The van der Waals surface area contributed by atoms with Crippen LogP contribution in [0, 0.1) is 0 Å². The van der Waals surface area contributed by atoms with Crippen molar-refractivity contribution >= 4 is 40.0 Å². The molecule has 0 saturated carbocycles. The number of ether oxygens (including phenoxy) is 1. The zero-order valence-corrected chi connectivity index (χ0v) is 17.9. The quantitative estimate of drug-likeness (QED) is 0.463. The van der Waals surface area contributed by atoms with Gasteiger partial charge in [-0.05, 0) is 78.8 Å². The van der Waals surface area contributed by atoms with Crippen LogP contribution >= 0.6 is 12.2 Å². The van der Waals surface area contributed by atoms with Gasteiger partial charge < -0.3 is 10.1 Å². The largest absolute Gasteiger partial charge is 0.497 e. The van der Waals surface area contributed by atoms with Gasteiger partial charge in [0.25, 0.3) is 5.91 Å². The Morgan fingerprint density at radius 3 is 2.39 bits per heavy atom. The standard InChI is InChI=1S/C23H21N5O2S/c1-3-15-4-6-16(7-5-15)22(29)25-23(31)24-17-8-13-20-21(14-17)27-28(26-20)18-9-11-19(30-2)12-10-18/h4-14H,3H2,1-2H3,(H2,24,25,29,31). The van der Waals surface area contributed by atoms with Crippen molar-refractivity contribution < 1.29 is 9.53 Å². The lowest BCUT2D eigenvalue weighted by atomic mass is 10.1. The van der Waals surface area contributed by atoms with Crippen molar-refractivity contribution in [3.63, 3.8) is 0 Å². The third-order valence-electron chi connectivity index (χ3n) is 4.79. The lowest BCUT2D eigenvalue weighted by molar-refractivity contribution is 0.0977. The zero-order valence-electron chi connectivity index (χ0n) is 17.1. The summed E-state index contributed by atoms with van der Waals surface area (Å²) in [5.74, 6) is 0.510. The molecule has 0 radical (unpaired) electrons. The first-order valence-corrected chi connectivity index (χ1v) is 10.2. The van der Waals surface area contributed by atoms with Gasteiger partial charge >= 0.3 is 0 Å². The van der Waals surface area contributed by atoms with E-state index >= 15 is 0 Å². The number of hydrogen-bond donors (Lipinski definition) is 2. The molecule has 0 spiro atoms. The van der Waals surface area contributed by atoms with Crippen LogP contribution in [-0.4, -0.2) is 33.1 Å². The molecule has 0 aliphatic rings. The maximum atomic E-state index is 12.4. The number of aryl methyl sites for hydroxylation is 1. The van der Waals surface area contributed by atoms with Gasteiger partial charge in [-0.25, -0.2) is 0 Å². The second-order valence-corrected chi connectivity index (χ2v) is 7.26. The molecule has 0 atom stereocenters. The third-order valence-corrected chi connectivity index (χ3v) is 5.00. The summed E-state index contributed by atoms with van der Waals surface area (Å²) in [6.07, 6.45) is 0.924. The van der Waals surface area contributed by atoms with Crippen molar-refractivity contribution in [2.75, 3.05) is 12.4 Å².